The number of rotatable bonds is 2. The quantitative estimate of drug-likeness (QED) is 0.893. The number of benzene rings is 1. The zero-order chi connectivity index (χ0) is 13.3. The first-order chi connectivity index (χ1) is 8.52. The second-order valence-electron chi connectivity index (χ2n) is 4.12. The minimum atomic E-state index is -0.431. The highest BCUT2D eigenvalue weighted by molar-refractivity contribution is 6.32. The van der Waals surface area contributed by atoms with E-state index in [1.54, 1.807) is 25.1 Å². The van der Waals surface area contributed by atoms with Crippen molar-refractivity contribution in [1.29, 1.82) is 0 Å². The van der Waals surface area contributed by atoms with Gasteiger partial charge in [0.2, 0.25) is 5.91 Å². The molecule has 0 bridgehead atoms. The summed E-state index contributed by atoms with van der Waals surface area (Å²) in [5, 5.41) is 2.72. The highest BCUT2D eigenvalue weighted by Gasteiger charge is 2.30. The van der Waals surface area contributed by atoms with Gasteiger partial charge in [-0.05, 0) is 18.2 Å². The molecule has 0 aromatic heterocycles. The van der Waals surface area contributed by atoms with Gasteiger partial charge >= 0.3 is 6.03 Å². The van der Waals surface area contributed by atoms with Crippen LogP contribution in [0.5, 0.6) is 5.75 Å². The number of nitrogens with zero attached hydrogens (tertiary/aromatic N) is 1. The highest BCUT2D eigenvalue weighted by atomic mass is 35.5. The Morgan fingerprint density at radius 2 is 2.17 bits per heavy atom. The second-order valence-corrected chi connectivity index (χ2v) is 4.53. The molecule has 1 heterocycles. The van der Waals surface area contributed by atoms with Gasteiger partial charge in [0, 0.05) is 12.2 Å². The largest absolute Gasteiger partial charge is 0.495 e. The fraction of sp³-hybridized carbons (Fsp3) is 0.333. The van der Waals surface area contributed by atoms with Crippen LogP contribution in [0.2, 0.25) is 5.02 Å². The molecule has 1 N–H and O–H groups in total. The van der Waals surface area contributed by atoms with E-state index in [0.29, 0.717) is 23.0 Å². The van der Waals surface area contributed by atoms with Crippen molar-refractivity contribution in [2.45, 2.75) is 6.92 Å². The number of carbonyl (C=O) groups is 2. The van der Waals surface area contributed by atoms with E-state index in [-0.39, 0.29) is 11.8 Å². The lowest BCUT2D eigenvalue weighted by molar-refractivity contribution is -0.123. The van der Waals surface area contributed by atoms with E-state index in [1.807, 2.05) is 0 Å². The summed E-state index contributed by atoms with van der Waals surface area (Å²) in [5.41, 5.74) is 0.637. The van der Waals surface area contributed by atoms with Crippen molar-refractivity contribution >= 4 is 29.2 Å². The van der Waals surface area contributed by atoms with Crippen LogP contribution in [0, 0.1) is 5.92 Å². The van der Waals surface area contributed by atoms with Crippen LogP contribution in [0.1, 0.15) is 6.92 Å². The van der Waals surface area contributed by atoms with Crippen LogP contribution >= 0.6 is 11.6 Å². The third kappa shape index (κ3) is 2.26. The van der Waals surface area contributed by atoms with Gasteiger partial charge in [0.1, 0.15) is 5.75 Å². The van der Waals surface area contributed by atoms with Crippen molar-refractivity contribution in [2.75, 3.05) is 18.6 Å². The Bertz CT molecular complexity index is 504. The molecular formula is C12H13ClN2O3. The molecular weight excluding hydrogens is 256 g/mol. The monoisotopic (exact) mass is 268 g/mol. The average molecular weight is 269 g/mol. The van der Waals surface area contributed by atoms with Crippen LogP contribution in [0.15, 0.2) is 18.2 Å². The number of urea groups is 1. The summed E-state index contributed by atoms with van der Waals surface area (Å²) in [6.07, 6.45) is 0. The molecule has 1 unspecified atom stereocenters. The number of hydrogen-bond donors (Lipinski definition) is 1. The van der Waals surface area contributed by atoms with E-state index in [4.69, 9.17) is 16.3 Å². The van der Waals surface area contributed by atoms with Crippen molar-refractivity contribution in [3.63, 3.8) is 0 Å². The molecule has 1 saturated heterocycles. The lowest BCUT2D eigenvalue weighted by Crippen LogP contribution is -2.53. The summed E-state index contributed by atoms with van der Waals surface area (Å²) in [6.45, 7) is 2.10. The zero-order valence-electron chi connectivity index (χ0n) is 10.1. The minimum Gasteiger partial charge on any atom is -0.495 e. The maximum Gasteiger partial charge on any atom is 0.328 e. The van der Waals surface area contributed by atoms with Gasteiger partial charge in [-0.2, -0.15) is 0 Å². The first-order valence-corrected chi connectivity index (χ1v) is 5.86. The first-order valence-electron chi connectivity index (χ1n) is 5.49. The van der Waals surface area contributed by atoms with Crippen LogP contribution < -0.4 is 15.0 Å². The van der Waals surface area contributed by atoms with E-state index in [1.165, 1.54) is 12.0 Å². The molecule has 1 atom stereocenters. The predicted octanol–water partition coefficient (Wildman–Crippen LogP) is 2.04. The van der Waals surface area contributed by atoms with Crippen LogP contribution in [-0.2, 0) is 4.79 Å². The lowest BCUT2D eigenvalue weighted by atomic mass is 10.1. The summed E-state index contributed by atoms with van der Waals surface area (Å²) in [7, 11) is 1.52. The fourth-order valence-corrected chi connectivity index (χ4v) is 2.03. The van der Waals surface area contributed by atoms with E-state index in [9.17, 15) is 9.59 Å². The third-order valence-electron chi connectivity index (χ3n) is 2.83. The number of methoxy groups -OCH3 is 1. The fourth-order valence-electron chi connectivity index (χ4n) is 1.78. The van der Waals surface area contributed by atoms with Crippen LogP contribution in [0.3, 0.4) is 0 Å². The SMILES string of the molecule is COc1ccc(N2CC(C)C(=O)NC2=O)cc1Cl. The van der Waals surface area contributed by atoms with Crippen LogP contribution in [-0.4, -0.2) is 25.6 Å². The number of nitrogens with one attached hydrogen (secondary N) is 1. The molecule has 3 amide bonds. The molecule has 2 rings (SSSR count). The molecule has 6 heteroatoms. The summed E-state index contributed by atoms with van der Waals surface area (Å²) < 4.78 is 5.05. The first kappa shape index (κ1) is 12.7. The molecule has 1 aliphatic heterocycles. The topological polar surface area (TPSA) is 58.6 Å². The zero-order valence-corrected chi connectivity index (χ0v) is 10.8. The molecule has 0 radical (unpaired) electrons. The summed E-state index contributed by atoms with van der Waals surface area (Å²) in [6, 6.07) is 4.63. The Labute approximate surface area is 110 Å². The number of imide groups is 1. The Hall–Kier alpha value is -1.75. The maximum absolute atomic E-state index is 11.7. The molecule has 5 nitrogen and oxygen atoms in total. The van der Waals surface area contributed by atoms with E-state index >= 15 is 0 Å². The Morgan fingerprint density at radius 1 is 1.44 bits per heavy atom. The summed E-state index contributed by atoms with van der Waals surface area (Å²) >= 11 is 6.01. The minimum absolute atomic E-state index is 0.247. The molecule has 0 spiro atoms. The Morgan fingerprint density at radius 3 is 2.78 bits per heavy atom. The molecule has 18 heavy (non-hydrogen) atoms. The highest BCUT2D eigenvalue weighted by Crippen LogP contribution is 2.30. The smallest absolute Gasteiger partial charge is 0.328 e. The van der Waals surface area contributed by atoms with Gasteiger partial charge in [-0.3, -0.25) is 15.0 Å². The lowest BCUT2D eigenvalue weighted by Gasteiger charge is -2.30. The van der Waals surface area contributed by atoms with Crippen LogP contribution in [0.4, 0.5) is 10.5 Å². The Kier molecular flexibility index (Phi) is 3.43. The number of ether oxygens (including phenoxy) is 1. The third-order valence-corrected chi connectivity index (χ3v) is 3.12. The van der Waals surface area contributed by atoms with Gasteiger partial charge in [0.05, 0.1) is 18.1 Å². The van der Waals surface area contributed by atoms with Gasteiger partial charge < -0.3 is 4.74 Å². The van der Waals surface area contributed by atoms with Gasteiger partial charge in [-0.15, -0.1) is 0 Å². The number of hydrogen-bond acceptors (Lipinski definition) is 3. The normalized spacial score (nSPS) is 19.7. The van der Waals surface area contributed by atoms with Crippen molar-refractivity contribution < 1.29 is 14.3 Å². The van der Waals surface area contributed by atoms with Gasteiger partial charge in [-0.25, -0.2) is 4.79 Å². The molecule has 1 fully saturated rings. The maximum atomic E-state index is 11.7. The number of anilines is 1. The number of halogens is 1. The molecule has 1 aromatic carbocycles. The summed E-state index contributed by atoms with van der Waals surface area (Å²) in [4.78, 5) is 24.6. The van der Waals surface area contributed by atoms with Crippen LogP contribution in [0.25, 0.3) is 0 Å². The Balaban J connectivity index is 2.28. The number of carbonyl (C=O) groups excluding carboxylic acids is 2. The molecule has 1 aliphatic rings. The van der Waals surface area contributed by atoms with Gasteiger partial charge in [-0.1, -0.05) is 18.5 Å². The molecule has 0 saturated carbocycles. The molecule has 1 aromatic rings. The van der Waals surface area contributed by atoms with Crippen molar-refractivity contribution in [2.24, 2.45) is 5.92 Å². The second kappa shape index (κ2) is 4.86. The standard InChI is InChI=1S/C12H13ClN2O3/c1-7-6-15(12(17)14-11(7)16)8-3-4-10(18-2)9(13)5-8/h3-5,7H,6H2,1-2H3,(H,14,16,17). The molecule has 96 valence electrons. The van der Waals surface area contributed by atoms with E-state index < -0.39 is 6.03 Å². The number of amides is 3. The van der Waals surface area contributed by atoms with Gasteiger partial charge in [0.15, 0.2) is 0 Å². The van der Waals surface area contributed by atoms with Crippen molar-refractivity contribution in [3.8, 4) is 5.75 Å². The van der Waals surface area contributed by atoms with E-state index in [2.05, 4.69) is 5.32 Å². The van der Waals surface area contributed by atoms with Crippen molar-refractivity contribution in [3.05, 3.63) is 23.2 Å². The van der Waals surface area contributed by atoms with Crippen molar-refractivity contribution in [1.82, 2.24) is 5.32 Å². The predicted molar refractivity (Wildman–Crippen MR) is 68.1 cm³/mol. The van der Waals surface area contributed by atoms with E-state index in [0.717, 1.165) is 0 Å². The average Bonchev–Trinajstić information content (AvgIpc) is 2.33. The van der Waals surface area contributed by atoms with Gasteiger partial charge in [0.25, 0.3) is 0 Å². The summed E-state index contributed by atoms with van der Waals surface area (Å²) in [5.74, 6) is 0.0430. The molecule has 0 aliphatic carbocycles.